The lowest BCUT2D eigenvalue weighted by Gasteiger charge is -2.36. The van der Waals surface area contributed by atoms with Gasteiger partial charge in [0.1, 0.15) is 0 Å². The molecule has 0 spiro atoms. The fourth-order valence-corrected chi connectivity index (χ4v) is 5.31. The SMILES string of the molecule is CC1c2[nH]c3ccc(Cl)cc3c2CCN1C1CC(=O)N(c2ccc(Cl)c(C(F)(F)F)c2)C1=O. The highest BCUT2D eigenvalue weighted by atomic mass is 35.5. The summed E-state index contributed by atoms with van der Waals surface area (Å²) in [6.45, 7) is 2.47. The largest absolute Gasteiger partial charge is 0.417 e. The molecule has 0 aliphatic carbocycles. The molecule has 0 bridgehead atoms. The maximum atomic E-state index is 13.3. The number of carbonyl (C=O) groups excluding carboxylic acids is 2. The molecule has 1 fully saturated rings. The van der Waals surface area contributed by atoms with Crippen LogP contribution in [0.2, 0.25) is 10.0 Å². The number of nitrogens with one attached hydrogen (secondary N) is 1. The number of fused-ring (bicyclic) bond motifs is 3. The third kappa shape index (κ3) is 3.61. The number of hydrogen-bond acceptors (Lipinski definition) is 3. The first-order valence-corrected chi connectivity index (χ1v) is 11.1. The molecule has 2 unspecified atom stereocenters. The monoisotopic (exact) mass is 495 g/mol. The molecule has 33 heavy (non-hydrogen) atoms. The van der Waals surface area contributed by atoms with Crippen LogP contribution >= 0.6 is 23.2 Å². The van der Waals surface area contributed by atoms with Gasteiger partial charge in [-0.1, -0.05) is 23.2 Å². The summed E-state index contributed by atoms with van der Waals surface area (Å²) in [6, 6.07) is 7.70. The number of anilines is 1. The second-order valence-corrected chi connectivity index (χ2v) is 9.16. The van der Waals surface area contributed by atoms with E-state index >= 15 is 0 Å². The molecule has 0 radical (unpaired) electrons. The van der Waals surface area contributed by atoms with E-state index < -0.39 is 34.6 Å². The van der Waals surface area contributed by atoms with Crippen LogP contribution in [-0.2, 0) is 22.2 Å². The van der Waals surface area contributed by atoms with E-state index in [4.69, 9.17) is 23.2 Å². The van der Waals surface area contributed by atoms with Crippen molar-refractivity contribution in [2.75, 3.05) is 11.4 Å². The zero-order valence-corrected chi connectivity index (χ0v) is 18.9. The molecule has 1 saturated heterocycles. The van der Waals surface area contributed by atoms with Crippen molar-refractivity contribution in [3.63, 3.8) is 0 Å². The zero-order valence-electron chi connectivity index (χ0n) is 17.3. The van der Waals surface area contributed by atoms with Crippen LogP contribution in [0.5, 0.6) is 0 Å². The zero-order chi connectivity index (χ0) is 23.7. The van der Waals surface area contributed by atoms with E-state index in [0.717, 1.165) is 39.2 Å². The summed E-state index contributed by atoms with van der Waals surface area (Å²) >= 11 is 11.8. The van der Waals surface area contributed by atoms with E-state index in [2.05, 4.69) is 4.98 Å². The molecule has 2 atom stereocenters. The van der Waals surface area contributed by atoms with Crippen molar-refractivity contribution in [2.24, 2.45) is 0 Å². The minimum atomic E-state index is -4.70. The van der Waals surface area contributed by atoms with E-state index in [-0.39, 0.29) is 18.2 Å². The summed E-state index contributed by atoms with van der Waals surface area (Å²) in [5, 5.41) is 1.17. The Kier molecular flexibility index (Phi) is 5.23. The first-order valence-electron chi connectivity index (χ1n) is 10.4. The molecular formula is C23H18Cl2F3N3O2. The van der Waals surface area contributed by atoms with E-state index in [1.54, 1.807) is 6.07 Å². The van der Waals surface area contributed by atoms with Gasteiger partial charge in [0.2, 0.25) is 5.91 Å². The molecule has 0 saturated carbocycles. The molecule has 2 amide bonds. The first kappa shape index (κ1) is 22.3. The standard InChI is InChI=1S/C23H18Cl2F3N3O2/c1-11-21-14(15-8-12(24)2-5-18(15)29-21)6-7-30(11)19-10-20(32)31(22(19)33)13-3-4-17(25)16(9-13)23(26,27)28/h2-5,8-9,11,19,29H,6-7,10H2,1H3. The minimum Gasteiger partial charge on any atom is -0.357 e. The molecule has 5 rings (SSSR count). The van der Waals surface area contributed by atoms with Gasteiger partial charge in [-0.3, -0.25) is 14.5 Å². The van der Waals surface area contributed by atoms with Crippen molar-refractivity contribution < 1.29 is 22.8 Å². The van der Waals surface area contributed by atoms with Crippen LogP contribution in [0.4, 0.5) is 18.9 Å². The van der Waals surface area contributed by atoms with E-state index in [1.807, 2.05) is 24.0 Å². The van der Waals surface area contributed by atoms with Crippen LogP contribution in [-0.4, -0.2) is 34.3 Å². The first-order chi connectivity index (χ1) is 15.6. The number of hydrogen-bond donors (Lipinski definition) is 1. The summed E-state index contributed by atoms with van der Waals surface area (Å²) < 4.78 is 39.9. The summed E-state index contributed by atoms with van der Waals surface area (Å²) in [6.07, 6.45) is -4.15. The highest BCUT2D eigenvalue weighted by molar-refractivity contribution is 6.32. The van der Waals surface area contributed by atoms with Crippen molar-refractivity contribution in [3.8, 4) is 0 Å². The Morgan fingerprint density at radius 1 is 1.09 bits per heavy atom. The lowest BCUT2D eigenvalue weighted by molar-refractivity contribution is -0.137. The topological polar surface area (TPSA) is 56.4 Å². The number of halogens is 5. The second kappa shape index (κ2) is 7.75. The smallest absolute Gasteiger partial charge is 0.357 e. The summed E-state index contributed by atoms with van der Waals surface area (Å²) in [5.41, 5.74) is 1.79. The molecule has 10 heteroatoms. The van der Waals surface area contributed by atoms with Gasteiger partial charge < -0.3 is 4.98 Å². The Bertz CT molecular complexity index is 1300. The molecular weight excluding hydrogens is 478 g/mol. The van der Waals surface area contributed by atoms with Gasteiger partial charge in [0.05, 0.1) is 28.7 Å². The number of aromatic nitrogens is 1. The van der Waals surface area contributed by atoms with Crippen LogP contribution in [0, 0.1) is 0 Å². The Morgan fingerprint density at radius 3 is 2.58 bits per heavy atom. The lowest BCUT2D eigenvalue weighted by Crippen LogP contribution is -2.46. The van der Waals surface area contributed by atoms with Crippen LogP contribution in [0.1, 0.15) is 36.2 Å². The third-order valence-electron chi connectivity index (χ3n) is 6.47. The normalized spacial score (nSPS) is 21.8. The van der Waals surface area contributed by atoms with Gasteiger partial charge in [-0.25, -0.2) is 4.90 Å². The predicted molar refractivity (Wildman–Crippen MR) is 119 cm³/mol. The number of carbonyl (C=O) groups is 2. The maximum Gasteiger partial charge on any atom is 0.417 e. The fourth-order valence-electron chi connectivity index (χ4n) is 4.91. The average Bonchev–Trinajstić information content (AvgIpc) is 3.25. The van der Waals surface area contributed by atoms with E-state index in [1.165, 1.54) is 6.07 Å². The van der Waals surface area contributed by atoms with Crippen LogP contribution < -0.4 is 4.90 Å². The molecule has 2 aliphatic heterocycles. The minimum absolute atomic E-state index is 0.103. The van der Waals surface area contributed by atoms with Crippen LogP contribution in [0.25, 0.3) is 10.9 Å². The number of alkyl halides is 3. The third-order valence-corrected chi connectivity index (χ3v) is 7.04. The van der Waals surface area contributed by atoms with Crippen molar-refractivity contribution >= 4 is 51.6 Å². The van der Waals surface area contributed by atoms with Crippen molar-refractivity contribution in [2.45, 2.75) is 38.0 Å². The number of nitrogens with zero attached hydrogens (tertiary/aromatic N) is 2. The maximum absolute atomic E-state index is 13.3. The van der Waals surface area contributed by atoms with Gasteiger partial charge in [0.25, 0.3) is 5.91 Å². The highest BCUT2D eigenvalue weighted by Gasteiger charge is 2.46. The highest BCUT2D eigenvalue weighted by Crippen LogP contribution is 2.41. The number of imide groups is 1. The lowest BCUT2D eigenvalue weighted by atomic mass is 9.96. The Hall–Kier alpha value is -2.55. The van der Waals surface area contributed by atoms with E-state index in [0.29, 0.717) is 18.0 Å². The molecule has 1 aromatic heterocycles. The molecule has 5 nitrogen and oxygen atoms in total. The van der Waals surface area contributed by atoms with Gasteiger partial charge in [-0.2, -0.15) is 13.2 Å². The second-order valence-electron chi connectivity index (χ2n) is 8.32. The quantitative estimate of drug-likeness (QED) is 0.460. The Morgan fingerprint density at radius 2 is 1.85 bits per heavy atom. The molecule has 3 aromatic rings. The number of benzene rings is 2. The number of aromatic amines is 1. The number of amides is 2. The summed E-state index contributed by atoms with van der Waals surface area (Å²) in [5.74, 6) is -1.08. The van der Waals surface area contributed by atoms with Gasteiger partial charge in [0.15, 0.2) is 0 Å². The van der Waals surface area contributed by atoms with Gasteiger partial charge in [0, 0.05) is 34.2 Å². The fraction of sp³-hybridized carbons (Fsp3) is 0.304. The van der Waals surface area contributed by atoms with Crippen molar-refractivity contribution in [3.05, 3.63) is 63.3 Å². The molecule has 1 N–H and O–H groups in total. The summed E-state index contributed by atoms with van der Waals surface area (Å²) in [7, 11) is 0. The number of rotatable bonds is 2. The predicted octanol–water partition coefficient (Wildman–Crippen LogP) is 5.74. The molecule has 2 aromatic carbocycles. The van der Waals surface area contributed by atoms with Crippen LogP contribution in [0.3, 0.4) is 0 Å². The summed E-state index contributed by atoms with van der Waals surface area (Å²) in [4.78, 5) is 32.2. The number of H-pyrrole nitrogens is 1. The van der Waals surface area contributed by atoms with Gasteiger partial charge >= 0.3 is 6.18 Å². The molecule has 3 heterocycles. The van der Waals surface area contributed by atoms with Crippen molar-refractivity contribution in [1.29, 1.82) is 0 Å². The van der Waals surface area contributed by atoms with Gasteiger partial charge in [-0.05, 0) is 55.3 Å². The average molecular weight is 496 g/mol. The molecule has 2 aliphatic rings. The van der Waals surface area contributed by atoms with E-state index in [9.17, 15) is 22.8 Å². The Labute approximate surface area is 197 Å². The van der Waals surface area contributed by atoms with Gasteiger partial charge in [-0.15, -0.1) is 0 Å². The van der Waals surface area contributed by atoms with Crippen molar-refractivity contribution in [1.82, 2.24) is 9.88 Å². The molecule has 172 valence electrons. The Balaban J connectivity index is 1.46. The van der Waals surface area contributed by atoms with Crippen LogP contribution in [0.15, 0.2) is 36.4 Å².